The average molecular weight is 395 g/mol. The Balaban J connectivity index is 2.08. The lowest BCUT2D eigenvalue weighted by atomic mass is 10.1. The van der Waals surface area contributed by atoms with E-state index in [0.717, 1.165) is 0 Å². The number of carbonyl (C=O) groups excluding carboxylic acids is 2. The number of hydrogen-bond donors (Lipinski definition) is 3. The lowest BCUT2D eigenvalue weighted by Gasteiger charge is -2.19. The van der Waals surface area contributed by atoms with Crippen molar-refractivity contribution < 1.29 is 14.7 Å². The Morgan fingerprint density at radius 2 is 1.96 bits per heavy atom. The Bertz CT molecular complexity index is 721. The molecule has 0 aromatic heterocycles. The van der Waals surface area contributed by atoms with E-state index >= 15 is 0 Å². The first-order chi connectivity index (χ1) is 12.3. The van der Waals surface area contributed by atoms with Crippen LogP contribution in [-0.4, -0.2) is 63.5 Å². The number of thioether (sulfide) groups is 1. The van der Waals surface area contributed by atoms with Gasteiger partial charge in [0, 0.05) is 37.4 Å². The summed E-state index contributed by atoms with van der Waals surface area (Å²) < 4.78 is 0. The maximum Gasteiger partial charge on any atom is 0.279 e. The van der Waals surface area contributed by atoms with E-state index in [1.807, 2.05) is 11.8 Å². The first-order valence-electron chi connectivity index (χ1n) is 8.16. The van der Waals surface area contributed by atoms with E-state index in [1.54, 1.807) is 31.3 Å². The normalized spacial score (nSPS) is 21.0. The van der Waals surface area contributed by atoms with Crippen molar-refractivity contribution in [1.29, 1.82) is 0 Å². The molecular weight excluding hydrogens is 372 g/mol. The fourth-order valence-electron chi connectivity index (χ4n) is 2.37. The second-order valence-electron chi connectivity index (χ2n) is 5.90. The third-order valence-electron chi connectivity index (χ3n) is 4.09. The van der Waals surface area contributed by atoms with Crippen molar-refractivity contribution in [2.24, 2.45) is 10.7 Å². The lowest BCUT2D eigenvalue weighted by Crippen LogP contribution is -2.41. The molecule has 1 heterocycles. The number of carbonyl (C=O) groups is 2. The van der Waals surface area contributed by atoms with Gasteiger partial charge in [0.2, 0.25) is 5.91 Å². The van der Waals surface area contributed by atoms with E-state index in [0.29, 0.717) is 29.3 Å². The quantitative estimate of drug-likeness (QED) is 0.483. The Labute approximate surface area is 162 Å². The van der Waals surface area contributed by atoms with Gasteiger partial charge in [-0.05, 0) is 25.5 Å². The predicted octanol–water partition coefficient (Wildman–Crippen LogP) is 0.751. The van der Waals surface area contributed by atoms with Gasteiger partial charge < -0.3 is 21.1 Å². The van der Waals surface area contributed by atoms with Crippen LogP contribution in [0, 0.1) is 0 Å². The van der Waals surface area contributed by atoms with E-state index in [1.165, 1.54) is 11.8 Å². The first-order valence-corrected chi connectivity index (χ1v) is 9.45. The summed E-state index contributed by atoms with van der Waals surface area (Å²) in [7, 11) is 1.81. The Hall–Kier alpha value is -1.97. The summed E-state index contributed by atoms with van der Waals surface area (Å²) in [5, 5.41) is 11.7. The van der Waals surface area contributed by atoms with Gasteiger partial charge >= 0.3 is 0 Å². The van der Waals surface area contributed by atoms with Crippen molar-refractivity contribution in [1.82, 2.24) is 10.2 Å². The topological polar surface area (TPSA) is 108 Å². The third-order valence-corrected chi connectivity index (χ3v) is 5.78. The molecule has 4 N–H and O–H groups in total. The molecule has 2 unspecified atom stereocenters. The number of amidine groups is 1. The second kappa shape index (κ2) is 9.11. The first kappa shape index (κ1) is 20.3. The van der Waals surface area contributed by atoms with Crippen LogP contribution in [0.5, 0.6) is 0 Å². The number of hydrogen-bond acceptors (Lipinski definition) is 5. The molecule has 0 spiro atoms. The summed E-state index contributed by atoms with van der Waals surface area (Å²) in [6.07, 6.45) is 0.509. The number of aliphatic hydroxyl groups excluding tert-OH is 1. The molecule has 0 aliphatic carbocycles. The van der Waals surface area contributed by atoms with E-state index in [9.17, 15) is 9.59 Å². The highest BCUT2D eigenvalue weighted by Crippen LogP contribution is 2.30. The summed E-state index contributed by atoms with van der Waals surface area (Å²) in [6, 6.07) is 6.52. The summed E-state index contributed by atoms with van der Waals surface area (Å²) in [4.78, 5) is 30.9. The number of nitrogens with zero attached hydrogens (tertiary/aromatic N) is 2. The number of benzene rings is 1. The summed E-state index contributed by atoms with van der Waals surface area (Å²) >= 11 is 6.16. The van der Waals surface area contributed by atoms with Crippen LogP contribution in [0.4, 0.5) is 0 Å². The SMILES string of the molecule is CC1C(C(=O)NCCCO)SC(=NC(=O)c2ccc(C(N)=S)cc2)N1C. The number of nitrogens with one attached hydrogen (secondary N) is 1. The summed E-state index contributed by atoms with van der Waals surface area (Å²) in [5.41, 5.74) is 6.66. The van der Waals surface area contributed by atoms with Gasteiger partial charge in [-0.15, -0.1) is 0 Å². The van der Waals surface area contributed by atoms with Gasteiger partial charge in [0.25, 0.3) is 5.91 Å². The number of thiocarbonyl (C=S) groups is 1. The van der Waals surface area contributed by atoms with Crippen molar-refractivity contribution >= 4 is 46.0 Å². The zero-order valence-corrected chi connectivity index (χ0v) is 16.3. The minimum atomic E-state index is -0.387. The van der Waals surface area contributed by atoms with E-state index in [4.69, 9.17) is 23.1 Å². The summed E-state index contributed by atoms with van der Waals surface area (Å²) in [6.45, 7) is 2.36. The van der Waals surface area contributed by atoms with Gasteiger partial charge in [0.15, 0.2) is 5.17 Å². The molecule has 26 heavy (non-hydrogen) atoms. The van der Waals surface area contributed by atoms with Crippen LogP contribution >= 0.6 is 24.0 Å². The maximum absolute atomic E-state index is 12.4. The van der Waals surface area contributed by atoms with Gasteiger partial charge in [-0.3, -0.25) is 9.59 Å². The van der Waals surface area contributed by atoms with Crippen molar-refractivity contribution in [2.45, 2.75) is 24.6 Å². The molecular formula is C17H22N4O3S2. The molecule has 0 saturated carbocycles. The van der Waals surface area contributed by atoms with Crippen molar-refractivity contribution in [3.63, 3.8) is 0 Å². The number of nitrogens with two attached hydrogens (primary N) is 1. The minimum absolute atomic E-state index is 0.0302. The molecule has 140 valence electrons. The Kier molecular flexibility index (Phi) is 7.13. The largest absolute Gasteiger partial charge is 0.396 e. The zero-order valence-electron chi connectivity index (χ0n) is 14.6. The molecule has 2 atom stereocenters. The van der Waals surface area contributed by atoms with Crippen molar-refractivity contribution in [3.8, 4) is 0 Å². The van der Waals surface area contributed by atoms with Crippen LogP contribution in [0.25, 0.3) is 0 Å². The molecule has 1 fully saturated rings. The smallest absolute Gasteiger partial charge is 0.279 e. The Morgan fingerprint density at radius 3 is 2.54 bits per heavy atom. The molecule has 1 aromatic rings. The number of aliphatic imine (C=N–C) groups is 1. The number of rotatable bonds is 6. The van der Waals surface area contributed by atoms with Crippen LogP contribution in [-0.2, 0) is 4.79 Å². The summed E-state index contributed by atoms with van der Waals surface area (Å²) in [5.74, 6) is -0.511. The predicted molar refractivity (Wildman–Crippen MR) is 107 cm³/mol. The van der Waals surface area contributed by atoms with E-state index in [-0.39, 0.29) is 34.7 Å². The standard InChI is InChI=1S/C17H22N4O3S2/c1-10-13(16(24)19-8-3-9-22)26-17(21(10)2)20-15(23)12-6-4-11(5-7-12)14(18)25/h4-7,10,13,22H,3,8-9H2,1-2H3,(H2,18,25)(H,19,24). The Morgan fingerprint density at radius 1 is 1.35 bits per heavy atom. The van der Waals surface area contributed by atoms with Gasteiger partial charge in [0.1, 0.15) is 10.2 Å². The highest BCUT2D eigenvalue weighted by molar-refractivity contribution is 8.15. The van der Waals surface area contributed by atoms with Gasteiger partial charge in [-0.25, -0.2) is 0 Å². The molecule has 1 aromatic carbocycles. The van der Waals surface area contributed by atoms with E-state index < -0.39 is 0 Å². The zero-order chi connectivity index (χ0) is 19.3. The van der Waals surface area contributed by atoms with Gasteiger partial charge in [-0.2, -0.15) is 4.99 Å². The maximum atomic E-state index is 12.4. The second-order valence-corrected chi connectivity index (χ2v) is 7.45. The monoisotopic (exact) mass is 394 g/mol. The van der Waals surface area contributed by atoms with Crippen molar-refractivity contribution in [2.75, 3.05) is 20.2 Å². The molecule has 0 bridgehead atoms. The van der Waals surface area contributed by atoms with Crippen molar-refractivity contribution in [3.05, 3.63) is 35.4 Å². The molecule has 1 saturated heterocycles. The average Bonchev–Trinajstić information content (AvgIpc) is 2.90. The molecule has 1 aliphatic rings. The fourth-order valence-corrected chi connectivity index (χ4v) is 3.77. The van der Waals surface area contributed by atoms with Crippen LogP contribution in [0.2, 0.25) is 0 Å². The van der Waals surface area contributed by atoms with Crippen LogP contribution in [0.15, 0.2) is 29.3 Å². The molecule has 1 aliphatic heterocycles. The number of amides is 2. The third kappa shape index (κ3) is 4.80. The van der Waals surface area contributed by atoms with Crippen LogP contribution in [0.1, 0.15) is 29.3 Å². The molecule has 7 nitrogen and oxygen atoms in total. The molecule has 9 heteroatoms. The van der Waals surface area contributed by atoms with Crippen LogP contribution in [0.3, 0.4) is 0 Å². The van der Waals surface area contributed by atoms with Gasteiger partial charge in [0.05, 0.1) is 0 Å². The lowest BCUT2D eigenvalue weighted by molar-refractivity contribution is -0.121. The number of aliphatic hydroxyl groups is 1. The fraction of sp³-hybridized carbons (Fsp3) is 0.412. The molecule has 0 radical (unpaired) electrons. The molecule has 2 rings (SSSR count). The minimum Gasteiger partial charge on any atom is -0.396 e. The highest BCUT2D eigenvalue weighted by atomic mass is 32.2. The molecule has 2 amide bonds. The van der Waals surface area contributed by atoms with E-state index in [2.05, 4.69) is 10.3 Å². The van der Waals surface area contributed by atoms with Crippen LogP contribution < -0.4 is 11.1 Å². The van der Waals surface area contributed by atoms with Gasteiger partial charge in [-0.1, -0.05) is 36.1 Å². The highest BCUT2D eigenvalue weighted by Gasteiger charge is 2.38.